The molecule has 0 saturated heterocycles. The maximum Gasteiger partial charge on any atom is 0.141 e. The molecule has 1 aliphatic carbocycles. The number of methoxy groups -OCH3 is 1. The number of ether oxygens (including phenoxy) is 1. The van der Waals surface area contributed by atoms with Crippen molar-refractivity contribution in [2.24, 2.45) is 11.1 Å². The number of hydrogen-bond donors (Lipinski definition) is 1. The number of nitrogens with two attached hydrogens (primary N) is 1. The second-order valence-electron chi connectivity index (χ2n) is 5.70. The largest absolute Gasteiger partial charge is 0.496 e. The second kappa shape index (κ2) is 5.80. The van der Waals surface area contributed by atoms with Gasteiger partial charge in [0.25, 0.3) is 0 Å². The number of rotatable bonds is 3. The molecule has 2 N–H and O–H groups in total. The Hall–Kier alpha value is -0.610. The topological polar surface area (TPSA) is 35.2 Å². The van der Waals surface area contributed by atoms with Crippen LogP contribution < -0.4 is 10.5 Å². The summed E-state index contributed by atoms with van der Waals surface area (Å²) in [5.74, 6) is 0.224. The van der Waals surface area contributed by atoms with E-state index in [1.165, 1.54) is 25.3 Å². The lowest BCUT2D eigenvalue weighted by molar-refractivity contribution is 0.168. The molecule has 0 amide bonds. The van der Waals surface area contributed by atoms with E-state index in [0.717, 1.165) is 18.4 Å². The van der Waals surface area contributed by atoms with Crippen molar-refractivity contribution in [3.8, 4) is 5.75 Å². The standard InChI is InChI=1S/C15H21BrFNO/c1-15(6-4-3-5-7-15)14(18)10-8-11(16)12(17)9-13(10)19-2/h8-9,14H,3-7,18H2,1-2H3. The van der Waals surface area contributed by atoms with Crippen LogP contribution in [0.5, 0.6) is 5.75 Å². The smallest absolute Gasteiger partial charge is 0.141 e. The van der Waals surface area contributed by atoms with E-state index in [-0.39, 0.29) is 17.3 Å². The van der Waals surface area contributed by atoms with Gasteiger partial charge < -0.3 is 10.5 Å². The van der Waals surface area contributed by atoms with E-state index in [1.807, 2.05) is 0 Å². The highest BCUT2D eigenvalue weighted by Gasteiger charge is 2.35. The molecule has 1 saturated carbocycles. The Morgan fingerprint density at radius 2 is 1.95 bits per heavy atom. The van der Waals surface area contributed by atoms with E-state index in [1.54, 1.807) is 13.2 Å². The lowest BCUT2D eigenvalue weighted by atomic mass is 9.69. The minimum Gasteiger partial charge on any atom is -0.496 e. The van der Waals surface area contributed by atoms with Crippen LogP contribution in [0.1, 0.15) is 50.6 Å². The fourth-order valence-electron chi connectivity index (χ4n) is 3.01. The third-order valence-electron chi connectivity index (χ3n) is 4.35. The molecule has 1 unspecified atom stereocenters. The zero-order chi connectivity index (χ0) is 14.0. The van der Waals surface area contributed by atoms with E-state index >= 15 is 0 Å². The van der Waals surface area contributed by atoms with Crippen LogP contribution in [0.15, 0.2) is 16.6 Å². The first-order valence-corrected chi connectivity index (χ1v) is 7.56. The predicted molar refractivity (Wildman–Crippen MR) is 78.8 cm³/mol. The highest BCUT2D eigenvalue weighted by Crippen LogP contribution is 2.46. The summed E-state index contributed by atoms with van der Waals surface area (Å²) >= 11 is 3.23. The van der Waals surface area contributed by atoms with Crippen LogP contribution in [0.4, 0.5) is 4.39 Å². The van der Waals surface area contributed by atoms with Gasteiger partial charge in [0.05, 0.1) is 11.6 Å². The van der Waals surface area contributed by atoms with Gasteiger partial charge in [0, 0.05) is 17.7 Å². The molecule has 4 heteroatoms. The first-order valence-electron chi connectivity index (χ1n) is 6.76. The average molecular weight is 330 g/mol. The molecule has 0 radical (unpaired) electrons. The van der Waals surface area contributed by atoms with Crippen LogP contribution in [0.2, 0.25) is 0 Å². The average Bonchev–Trinajstić information content (AvgIpc) is 2.41. The number of benzene rings is 1. The van der Waals surface area contributed by atoms with Crippen molar-refractivity contribution in [1.82, 2.24) is 0 Å². The van der Waals surface area contributed by atoms with Gasteiger partial charge in [-0.3, -0.25) is 0 Å². The van der Waals surface area contributed by atoms with Crippen LogP contribution in [-0.4, -0.2) is 7.11 Å². The molecule has 19 heavy (non-hydrogen) atoms. The van der Waals surface area contributed by atoms with Crippen molar-refractivity contribution < 1.29 is 9.13 Å². The van der Waals surface area contributed by atoms with E-state index in [9.17, 15) is 4.39 Å². The van der Waals surface area contributed by atoms with Crippen molar-refractivity contribution in [2.45, 2.75) is 45.1 Å². The fourth-order valence-corrected chi connectivity index (χ4v) is 3.37. The molecule has 1 aromatic rings. The van der Waals surface area contributed by atoms with Crippen LogP contribution >= 0.6 is 15.9 Å². The predicted octanol–water partition coefficient (Wildman–Crippen LogP) is 4.57. The SMILES string of the molecule is COc1cc(F)c(Br)cc1C(N)C1(C)CCCCC1. The van der Waals surface area contributed by atoms with Gasteiger partial charge >= 0.3 is 0 Å². The third kappa shape index (κ3) is 2.95. The van der Waals surface area contributed by atoms with Gasteiger partial charge in [-0.05, 0) is 40.3 Å². The highest BCUT2D eigenvalue weighted by molar-refractivity contribution is 9.10. The van der Waals surface area contributed by atoms with Gasteiger partial charge in [-0.2, -0.15) is 0 Å². The summed E-state index contributed by atoms with van der Waals surface area (Å²) < 4.78 is 19.3. The Labute approximate surface area is 122 Å². The van der Waals surface area contributed by atoms with E-state index in [2.05, 4.69) is 22.9 Å². The van der Waals surface area contributed by atoms with Crippen LogP contribution in [0, 0.1) is 11.2 Å². The van der Waals surface area contributed by atoms with Crippen molar-refractivity contribution in [3.63, 3.8) is 0 Å². The molecule has 1 aromatic carbocycles. The molecule has 0 aliphatic heterocycles. The first kappa shape index (κ1) is 14.8. The summed E-state index contributed by atoms with van der Waals surface area (Å²) in [6.45, 7) is 2.23. The van der Waals surface area contributed by atoms with Crippen LogP contribution in [0.25, 0.3) is 0 Å². The maximum atomic E-state index is 13.6. The van der Waals surface area contributed by atoms with E-state index in [4.69, 9.17) is 10.5 Å². The molecule has 1 fully saturated rings. The zero-order valence-corrected chi connectivity index (χ0v) is 13.1. The number of hydrogen-bond acceptors (Lipinski definition) is 2. The zero-order valence-electron chi connectivity index (χ0n) is 11.5. The Kier molecular flexibility index (Phi) is 4.51. The Balaban J connectivity index is 2.37. The quantitative estimate of drug-likeness (QED) is 0.881. The molecular weight excluding hydrogens is 309 g/mol. The molecule has 0 aromatic heterocycles. The van der Waals surface area contributed by atoms with Gasteiger partial charge in [0.15, 0.2) is 0 Å². The van der Waals surface area contributed by atoms with Crippen LogP contribution in [0.3, 0.4) is 0 Å². The van der Waals surface area contributed by atoms with Crippen molar-refractivity contribution in [2.75, 3.05) is 7.11 Å². The summed E-state index contributed by atoms with van der Waals surface area (Å²) in [5, 5.41) is 0. The van der Waals surface area contributed by atoms with E-state index in [0.29, 0.717) is 10.2 Å². The molecule has 0 spiro atoms. The first-order chi connectivity index (χ1) is 8.98. The highest BCUT2D eigenvalue weighted by atomic mass is 79.9. The molecule has 1 aliphatic rings. The molecular formula is C15H21BrFNO. The Bertz CT molecular complexity index is 458. The molecule has 1 atom stereocenters. The van der Waals surface area contributed by atoms with Crippen molar-refractivity contribution in [3.05, 3.63) is 28.0 Å². The molecule has 2 rings (SSSR count). The third-order valence-corrected chi connectivity index (χ3v) is 4.96. The molecule has 0 bridgehead atoms. The Morgan fingerprint density at radius 3 is 2.53 bits per heavy atom. The fraction of sp³-hybridized carbons (Fsp3) is 0.600. The summed E-state index contributed by atoms with van der Waals surface area (Å²) in [4.78, 5) is 0. The van der Waals surface area contributed by atoms with Gasteiger partial charge in [0.1, 0.15) is 11.6 Å². The van der Waals surface area contributed by atoms with Crippen molar-refractivity contribution in [1.29, 1.82) is 0 Å². The number of halogens is 2. The summed E-state index contributed by atoms with van der Waals surface area (Å²) in [7, 11) is 1.56. The normalized spacial score (nSPS) is 20.1. The molecule has 2 nitrogen and oxygen atoms in total. The lowest BCUT2D eigenvalue weighted by Gasteiger charge is -2.39. The summed E-state index contributed by atoms with van der Waals surface area (Å²) in [6, 6.07) is 3.05. The van der Waals surface area contributed by atoms with Crippen molar-refractivity contribution >= 4 is 15.9 Å². The Morgan fingerprint density at radius 1 is 1.32 bits per heavy atom. The summed E-state index contributed by atoms with van der Waals surface area (Å²) in [5.41, 5.74) is 7.44. The second-order valence-corrected chi connectivity index (χ2v) is 6.55. The lowest BCUT2D eigenvalue weighted by Crippen LogP contribution is -2.34. The van der Waals surface area contributed by atoms with Gasteiger partial charge in [-0.15, -0.1) is 0 Å². The summed E-state index contributed by atoms with van der Waals surface area (Å²) in [6.07, 6.45) is 5.95. The van der Waals surface area contributed by atoms with Gasteiger partial charge in [0.2, 0.25) is 0 Å². The minimum atomic E-state index is -0.318. The van der Waals surface area contributed by atoms with Gasteiger partial charge in [-0.1, -0.05) is 26.2 Å². The monoisotopic (exact) mass is 329 g/mol. The molecule has 106 valence electrons. The van der Waals surface area contributed by atoms with E-state index < -0.39 is 0 Å². The van der Waals surface area contributed by atoms with Crippen LogP contribution in [-0.2, 0) is 0 Å². The molecule has 0 heterocycles. The van der Waals surface area contributed by atoms with Gasteiger partial charge in [-0.25, -0.2) is 4.39 Å². The maximum absolute atomic E-state index is 13.6. The minimum absolute atomic E-state index is 0.0722.